The van der Waals surface area contributed by atoms with E-state index >= 15 is 0 Å². The van der Waals surface area contributed by atoms with Crippen LogP contribution in [0, 0.1) is 0 Å². The van der Waals surface area contributed by atoms with Gasteiger partial charge < -0.3 is 26.0 Å². The van der Waals surface area contributed by atoms with E-state index < -0.39 is 12.1 Å². The number of fused-ring (bicyclic) bond motifs is 1. The molecular formula is C21H28N4O4. The van der Waals surface area contributed by atoms with Gasteiger partial charge in [0.2, 0.25) is 11.8 Å². The highest BCUT2D eigenvalue weighted by Gasteiger charge is 2.46. The van der Waals surface area contributed by atoms with Crippen molar-refractivity contribution in [1.82, 2.24) is 20.9 Å². The Morgan fingerprint density at radius 1 is 1.07 bits per heavy atom. The quantitative estimate of drug-likeness (QED) is 0.605. The molecule has 8 heteroatoms. The van der Waals surface area contributed by atoms with Gasteiger partial charge in [-0.25, -0.2) is 4.79 Å². The number of nitrogens with one attached hydrogen (secondary N) is 3. The second kappa shape index (κ2) is 8.31. The number of piperazine rings is 1. The standard InChI is InChI=1S/C21H28N4O4/c26-16-8-6-13(7-9-16)10-17-20(28)25-12-15(11-18(25)19(27)24-17)23-21(29)22-14-4-2-1-3-5-14/h6-9,14-15,17-18,26H,1-5,10-12H2,(H,24,27)(H2,22,23,29)/t15-,17-,18-/m0/s1. The summed E-state index contributed by atoms with van der Waals surface area (Å²) in [7, 11) is 0. The number of aromatic hydroxyl groups is 1. The van der Waals surface area contributed by atoms with Crippen LogP contribution in [-0.4, -0.2) is 58.6 Å². The van der Waals surface area contributed by atoms with Gasteiger partial charge in [0.15, 0.2) is 0 Å². The molecule has 1 aliphatic carbocycles. The molecule has 4 rings (SSSR count). The molecule has 3 atom stereocenters. The van der Waals surface area contributed by atoms with E-state index in [1.807, 2.05) is 0 Å². The number of urea groups is 1. The summed E-state index contributed by atoms with van der Waals surface area (Å²) >= 11 is 0. The summed E-state index contributed by atoms with van der Waals surface area (Å²) in [5.74, 6) is -0.141. The molecule has 0 unspecified atom stereocenters. The van der Waals surface area contributed by atoms with Crippen molar-refractivity contribution in [3.63, 3.8) is 0 Å². The number of nitrogens with zero attached hydrogens (tertiary/aromatic N) is 1. The number of amides is 4. The average Bonchev–Trinajstić information content (AvgIpc) is 3.13. The molecule has 2 heterocycles. The van der Waals surface area contributed by atoms with Gasteiger partial charge in [-0.05, 0) is 37.0 Å². The van der Waals surface area contributed by atoms with Crippen LogP contribution in [0.3, 0.4) is 0 Å². The molecule has 3 aliphatic rings. The maximum atomic E-state index is 12.9. The Morgan fingerprint density at radius 2 is 1.76 bits per heavy atom. The molecule has 2 aliphatic heterocycles. The molecular weight excluding hydrogens is 372 g/mol. The van der Waals surface area contributed by atoms with Crippen molar-refractivity contribution in [2.24, 2.45) is 0 Å². The molecule has 0 aromatic heterocycles. The van der Waals surface area contributed by atoms with Crippen LogP contribution in [0.4, 0.5) is 4.79 Å². The number of carbonyl (C=O) groups is 3. The molecule has 0 radical (unpaired) electrons. The number of carbonyl (C=O) groups excluding carboxylic acids is 3. The summed E-state index contributed by atoms with van der Waals surface area (Å²) in [6.45, 7) is 0.348. The molecule has 1 aromatic rings. The lowest BCUT2D eigenvalue weighted by Crippen LogP contribution is -2.61. The van der Waals surface area contributed by atoms with E-state index in [2.05, 4.69) is 16.0 Å². The number of phenolic OH excluding ortho intramolecular Hbond substituents is 1. The molecule has 29 heavy (non-hydrogen) atoms. The first-order chi connectivity index (χ1) is 14.0. The first-order valence-corrected chi connectivity index (χ1v) is 10.5. The van der Waals surface area contributed by atoms with E-state index in [9.17, 15) is 19.5 Å². The lowest BCUT2D eigenvalue weighted by Gasteiger charge is -2.34. The van der Waals surface area contributed by atoms with Gasteiger partial charge in [-0.2, -0.15) is 0 Å². The highest BCUT2D eigenvalue weighted by molar-refractivity contribution is 5.97. The number of hydrogen-bond donors (Lipinski definition) is 4. The third-order valence-corrected chi connectivity index (χ3v) is 6.15. The van der Waals surface area contributed by atoms with Gasteiger partial charge in [0.1, 0.15) is 17.8 Å². The van der Waals surface area contributed by atoms with Crippen molar-refractivity contribution in [2.45, 2.75) is 69.1 Å². The fraction of sp³-hybridized carbons (Fsp3) is 0.571. The third kappa shape index (κ3) is 4.46. The summed E-state index contributed by atoms with van der Waals surface area (Å²) in [6, 6.07) is 5.22. The molecule has 0 spiro atoms. The normalized spacial score (nSPS) is 27.3. The summed E-state index contributed by atoms with van der Waals surface area (Å²) < 4.78 is 0. The molecule has 4 amide bonds. The topological polar surface area (TPSA) is 111 Å². The predicted octanol–water partition coefficient (Wildman–Crippen LogP) is 1.03. The maximum absolute atomic E-state index is 12.9. The van der Waals surface area contributed by atoms with Crippen LogP contribution in [0.2, 0.25) is 0 Å². The number of rotatable bonds is 4. The van der Waals surface area contributed by atoms with Crippen molar-refractivity contribution in [1.29, 1.82) is 0 Å². The van der Waals surface area contributed by atoms with Gasteiger partial charge in [0.05, 0.1) is 6.04 Å². The minimum atomic E-state index is -0.627. The summed E-state index contributed by atoms with van der Waals surface area (Å²) in [6.07, 6.45) is 6.32. The van der Waals surface area contributed by atoms with Crippen LogP contribution < -0.4 is 16.0 Å². The van der Waals surface area contributed by atoms with E-state index in [-0.39, 0.29) is 35.7 Å². The predicted molar refractivity (Wildman–Crippen MR) is 106 cm³/mol. The van der Waals surface area contributed by atoms with Gasteiger partial charge >= 0.3 is 6.03 Å². The molecule has 1 saturated carbocycles. The average molecular weight is 400 g/mol. The Morgan fingerprint density at radius 3 is 2.48 bits per heavy atom. The molecule has 1 aromatic carbocycles. The molecule has 2 saturated heterocycles. The van der Waals surface area contributed by atoms with Crippen LogP contribution in [0.15, 0.2) is 24.3 Å². The van der Waals surface area contributed by atoms with Gasteiger partial charge in [0.25, 0.3) is 0 Å². The minimum Gasteiger partial charge on any atom is -0.508 e. The third-order valence-electron chi connectivity index (χ3n) is 6.15. The highest BCUT2D eigenvalue weighted by atomic mass is 16.3. The monoisotopic (exact) mass is 400 g/mol. The molecule has 8 nitrogen and oxygen atoms in total. The fourth-order valence-electron chi connectivity index (χ4n) is 4.63. The first kappa shape index (κ1) is 19.5. The zero-order valence-corrected chi connectivity index (χ0v) is 16.4. The zero-order chi connectivity index (χ0) is 20.4. The van der Waals surface area contributed by atoms with Crippen molar-refractivity contribution < 1.29 is 19.5 Å². The van der Waals surface area contributed by atoms with Gasteiger partial charge in [-0.3, -0.25) is 9.59 Å². The van der Waals surface area contributed by atoms with E-state index in [1.165, 1.54) is 6.42 Å². The second-order valence-corrected chi connectivity index (χ2v) is 8.32. The van der Waals surface area contributed by atoms with Gasteiger partial charge in [-0.1, -0.05) is 31.4 Å². The highest BCUT2D eigenvalue weighted by Crippen LogP contribution is 2.24. The lowest BCUT2D eigenvalue weighted by molar-refractivity contribution is -0.147. The Bertz CT molecular complexity index is 775. The summed E-state index contributed by atoms with van der Waals surface area (Å²) in [5.41, 5.74) is 0.862. The van der Waals surface area contributed by atoms with Gasteiger partial charge in [0, 0.05) is 19.0 Å². The molecule has 4 N–H and O–H groups in total. The van der Waals surface area contributed by atoms with E-state index in [0.29, 0.717) is 19.4 Å². The molecule has 156 valence electrons. The summed E-state index contributed by atoms with van der Waals surface area (Å²) in [4.78, 5) is 39.4. The second-order valence-electron chi connectivity index (χ2n) is 8.32. The van der Waals surface area contributed by atoms with Crippen molar-refractivity contribution in [2.75, 3.05) is 6.54 Å². The first-order valence-electron chi connectivity index (χ1n) is 10.5. The SMILES string of the molecule is O=C(NC1CCCCC1)N[C@H]1C[C@H]2C(=O)N[C@@H](Cc3ccc(O)cc3)C(=O)N2C1. The van der Waals surface area contributed by atoms with Gasteiger partial charge in [-0.15, -0.1) is 0 Å². The van der Waals surface area contributed by atoms with Crippen LogP contribution in [0.25, 0.3) is 0 Å². The maximum Gasteiger partial charge on any atom is 0.315 e. The van der Waals surface area contributed by atoms with E-state index in [1.54, 1.807) is 29.2 Å². The Hall–Kier alpha value is -2.77. The number of hydrogen-bond acceptors (Lipinski definition) is 4. The van der Waals surface area contributed by atoms with Crippen LogP contribution in [0.5, 0.6) is 5.75 Å². The zero-order valence-electron chi connectivity index (χ0n) is 16.4. The van der Waals surface area contributed by atoms with Crippen LogP contribution in [-0.2, 0) is 16.0 Å². The largest absolute Gasteiger partial charge is 0.508 e. The lowest BCUT2D eigenvalue weighted by atomic mass is 9.96. The molecule has 0 bridgehead atoms. The van der Waals surface area contributed by atoms with E-state index in [4.69, 9.17) is 0 Å². The Balaban J connectivity index is 1.34. The summed E-state index contributed by atoms with van der Waals surface area (Å²) in [5, 5.41) is 18.2. The fourth-order valence-corrected chi connectivity index (χ4v) is 4.63. The number of phenols is 1. The molecule has 3 fully saturated rings. The number of benzene rings is 1. The Labute approximate surface area is 170 Å². The van der Waals surface area contributed by atoms with Crippen molar-refractivity contribution in [3.8, 4) is 5.75 Å². The Kier molecular flexibility index (Phi) is 5.60. The smallest absolute Gasteiger partial charge is 0.315 e. The van der Waals surface area contributed by atoms with Crippen molar-refractivity contribution in [3.05, 3.63) is 29.8 Å². The van der Waals surface area contributed by atoms with Crippen molar-refractivity contribution >= 4 is 17.8 Å². The minimum absolute atomic E-state index is 0.125. The van der Waals surface area contributed by atoms with Crippen LogP contribution in [0.1, 0.15) is 44.1 Å². The van der Waals surface area contributed by atoms with E-state index in [0.717, 1.165) is 31.2 Å². The van der Waals surface area contributed by atoms with Crippen LogP contribution >= 0.6 is 0 Å².